The van der Waals surface area contributed by atoms with E-state index in [0.29, 0.717) is 17.6 Å². The van der Waals surface area contributed by atoms with E-state index < -0.39 is 5.97 Å². The maximum atomic E-state index is 11.9. The van der Waals surface area contributed by atoms with E-state index in [4.69, 9.17) is 16.3 Å². The van der Waals surface area contributed by atoms with Crippen molar-refractivity contribution >= 4 is 46.6 Å². The number of carboxylic acids is 1. The zero-order chi connectivity index (χ0) is 26.9. The van der Waals surface area contributed by atoms with E-state index in [0.717, 1.165) is 62.8 Å². The number of rotatable bonds is 7. The van der Waals surface area contributed by atoms with Gasteiger partial charge in [0.2, 0.25) is 0 Å². The number of ether oxygens (including phenoxy) is 1. The van der Waals surface area contributed by atoms with Gasteiger partial charge in [-0.3, -0.25) is 4.90 Å². The number of hydrogen-bond donors (Lipinski definition) is 1. The minimum atomic E-state index is -0.874. The third kappa shape index (κ3) is 5.74. The van der Waals surface area contributed by atoms with Gasteiger partial charge in [-0.2, -0.15) is 0 Å². The molecule has 1 unspecified atom stereocenters. The maximum absolute atomic E-state index is 11.9. The van der Waals surface area contributed by atoms with Crippen molar-refractivity contribution in [2.45, 2.75) is 70.4 Å². The van der Waals surface area contributed by atoms with Gasteiger partial charge in [-0.25, -0.2) is 4.79 Å². The van der Waals surface area contributed by atoms with Gasteiger partial charge in [0.15, 0.2) is 0 Å². The molecule has 40 heavy (non-hydrogen) atoms. The number of nitrogens with zero attached hydrogens (tertiary/aromatic N) is 3. The van der Waals surface area contributed by atoms with Gasteiger partial charge in [-0.05, 0) is 81.0 Å². The van der Waals surface area contributed by atoms with Crippen LogP contribution in [0.2, 0.25) is 5.02 Å². The van der Waals surface area contributed by atoms with E-state index in [2.05, 4.69) is 39.5 Å². The van der Waals surface area contributed by atoms with Crippen molar-refractivity contribution in [3.05, 3.63) is 52.5 Å². The first-order valence-electron chi connectivity index (χ1n) is 14.8. The molecule has 0 spiro atoms. The van der Waals surface area contributed by atoms with Crippen LogP contribution in [-0.2, 0) is 11.3 Å². The average Bonchev–Trinajstić information content (AvgIpc) is 3.18. The van der Waals surface area contributed by atoms with E-state index >= 15 is 0 Å². The molecule has 3 aliphatic rings. The molecule has 2 aliphatic heterocycles. The summed E-state index contributed by atoms with van der Waals surface area (Å²) in [6.45, 7) is 8.56. The van der Waals surface area contributed by atoms with Crippen LogP contribution in [-0.4, -0.2) is 66.0 Å². The van der Waals surface area contributed by atoms with Crippen LogP contribution in [0.5, 0.6) is 0 Å². The van der Waals surface area contributed by atoms with Gasteiger partial charge in [0, 0.05) is 66.5 Å². The van der Waals surface area contributed by atoms with Crippen molar-refractivity contribution in [3.63, 3.8) is 0 Å². The largest absolute Gasteiger partial charge is 0.478 e. The zero-order valence-corrected chi connectivity index (χ0v) is 25.0. The van der Waals surface area contributed by atoms with Gasteiger partial charge in [0.1, 0.15) is 0 Å². The lowest BCUT2D eigenvalue weighted by Crippen LogP contribution is -2.44. The van der Waals surface area contributed by atoms with Crippen LogP contribution in [0, 0.1) is 0 Å². The molecule has 8 heteroatoms. The molecule has 1 aliphatic carbocycles. The summed E-state index contributed by atoms with van der Waals surface area (Å²) in [5.41, 5.74) is 6.48. The number of carboxylic acid groups (broad SMARTS) is 1. The summed E-state index contributed by atoms with van der Waals surface area (Å²) in [5, 5.41) is 11.8. The Morgan fingerprint density at radius 2 is 1.82 bits per heavy atom. The molecule has 3 heterocycles. The summed E-state index contributed by atoms with van der Waals surface area (Å²) in [6, 6.07) is 12.1. The highest BCUT2D eigenvalue weighted by molar-refractivity contribution is 6.31. The van der Waals surface area contributed by atoms with Crippen LogP contribution in [0.4, 0.5) is 5.69 Å². The number of benzene rings is 2. The first-order chi connectivity index (χ1) is 19.0. The number of hydrogen-bond acceptors (Lipinski definition) is 4. The predicted molar refractivity (Wildman–Crippen MR) is 166 cm³/mol. The average molecular weight is 587 g/mol. The van der Waals surface area contributed by atoms with Crippen LogP contribution in [0.25, 0.3) is 22.2 Å². The molecule has 3 aromatic rings. The molecule has 0 radical (unpaired) electrons. The predicted octanol–water partition coefficient (Wildman–Crippen LogP) is 7.45. The van der Waals surface area contributed by atoms with E-state index in [-0.39, 0.29) is 12.4 Å². The van der Waals surface area contributed by atoms with Gasteiger partial charge < -0.3 is 19.3 Å². The molecule has 6 rings (SSSR count). The molecule has 1 aromatic heterocycles. The Labute approximate surface area is 248 Å². The maximum Gasteiger partial charge on any atom is 0.335 e. The van der Waals surface area contributed by atoms with E-state index in [1.807, 2.05) is 12.1 Å². The fourth-order valence-corrected chi connectivity index (χ4v) is 7.39. The molecule has 6 nitrogen and oxygen atoms in total. The minimum Gasteiger partial charge on any atom is -0.478 e. The highest BCUT2D eigenvalue weighted by Gasteiger charge is 2.31. The molecule has 2 aromatic carbocycles. The summed E-state index contributed by atoms with van der Waals surface area (Å²) >= 11 is 6.62. The fraction of sp³-hybridized carbons (Fsp3) is 0.531. The number of fused-ring (bicyclic) bond motifs is 5. The summed E-state index contributed by atoms with van der Waals surface area (Å²) in [7, 11) is 0. The van der Waals surface area contributed by atoms with Crippen molar-refractivity contribution in [1.29, 1.82) is 0 Å². The van der Waals surface area contributed by atoms with E-state index in [9.17, 15) is 9.90 Å². The summed E-state index contributed by atoms with van der Waals surface area (Å²) in [4.78, 5) is 17.0. The Kier molecular flexibility index (Phi) is 9.31. The molecule has 1 atom stereocenters. The van der Waals surface area contributed by atoms with Gasteiger partial charge in [-0.1, -0.05) is 36.9 Å². The van der Waals surface area contributed by atoms with Crippen LogP contribution >= 0.6 is 24.0 Å². The van der Waals surface area contributed by atoms with E-state index in [1.165, 1.54) is 66.4 Å². The molecule has 2 fully saturated rings. The third-order valence-electron chi connectivity index (χ3n) is 9.06. The lowest BCUT2D eigenvalue weighted by Gasteiger charge is -2.34. The quantitative estimate of drug-likeness (QED) is 0.312. The SMILES string of the molecule is CCOC1CCCN(CCN2CCn3c(c(C4CCCCC4)c4ccc(C(=O)O)cc43)-c3ccc(Cl)cc32)C1.Cl. The van der Waals surface area contributed by atoms with Gasteiger partial charge in [0.05, 0.1) is 17.4 Å². The summed E-state index contributed by atoms with van der Waals surface area (Å²) < 4.78 is 8.36. The first kappa shape index (κ1) is 29.2. The Balaban J connectivity index is 0.00000323. The van der Waals surface area contributed by atoms with Crippen molar-refractivity contribution in [2.24, 2.45) is 0 Å². The van der Waals surface area contributed by atoms with E-state index in [1.54, 1.807) is 6.07 Å². The summed E-state index contributed by atoms with van der Waals surface area (Å²) in [6.07, 6.45) is 8.85. The third-order valence-corrected chi connectivity index (χ3v) is 9.30. The lowest BCUT2D eigenvalue weighted by atomic mass is 9.81. The lowest BCUT2D eigenvalue weighted by molar-refractivity contribution is 0.00677. The van der Waals surface area contributed by atoms with Gasteiger partial charge in [-0.15, -0.1) is 12.4 Å². The zero-order valence-electron chi connectivity index (χ0n) is 23.4. The Morgan fingerprint density at radius 3 is 2.60 bits per heavy atom. The Bertz CT molecular complexity index is 1350. The van der Waals surface area contributed by atoms with Crippen LogP contribution < -0.4 is 4.90 Å². The highest BCUT2D eigenvalue weighted by atomic mass is 35.5. The van der Waals surface area contributed by atoms with Crippen molar-refractivity contribution in [3.8, 4) is 11.3 Å². The summed E-state index contributed by atoms with van der Waals surface area (Å²) in [5.74, 6) is -0.381. The number of aromatic nitrogens is 1. The van der Waals surface area contributed by atoms with Crippen molar-refractivity contribution < 1.29 is 14.6 Å². The fourth-order valence-electron chi connectivity index (χ4n) is 7.23. The number of anilines is 1. The first-order valence-corrected chi connectivity index (χ1v) is 15.2. The number of aromatic carboxylic acids is 1. The topological polar surface area (TPSA) is 57.9 Å². The van der Waals surface area contributed by atoms with Crippen molar-refractivity contribution in [2.75, 3.05) is 44.2 Å². The number of carbonyl (C=O) groups is 1. The minimum absolute atomic E-state index is 0. The smallest absolute Gasteiger partial charge is 0.335 e. The van der Waals surface area contributed by atoms with Crippen LogP contribution in [0.3, 0.4) is 0 Å². The van der Waals surface area contributed by atoms with Gasteiger partial charge in [0.25, 0.3) is 0 Å². The van der Waals surface area contributed by atoms with Crippen LogP contribution in [0.15, 0.2) is 36.4 Å². The standard InChI is InChI=1S/C32H40ClN3O3.ClH/c1-2-39-25-9-6-14-34(21-25)15-16-35-17-18-36-29-19-23(32(37)38)10-12-26(29)30(22-7-4-3-5-8-22)31(36)27-13-11-24(33)20-28(27)35;/h10-13,19-20,22,25H,2-9,14-18,21H2,1H3,(H,37,38);1H. The molecular formula is C32H41Cl2N3O3. The van der Waals surface area contributed by atoms with Gasteiger partial charge >= 0.3 is 5.97 Å². The van der Waals surface area contributed by atoms with Crippen LogP contribution in [0.1, 0.15) is 73.7 Å². The molecule has 1 saturated heterocycles. The monoisotopic (exact) mass is 585 g/mol. The molecular weight excluding hydrogens is 545 g/mol. The second-order valence-electron chi connectivity index (χ2n) is 11.5. The van der Waals surface area contributed by atoms with Crippen molar-refractivity contribution in [1.82, 2.24) is 9.47 Å². The second kappa shape index (κ2) is 12.7. The highest BCUT2D eigenvalue weighted by Crippen LogP contribution is 2.47. The molecule has 1 N–H and O–H groups in total. The Hall–Kier alpha value is -2.25. The number of likely N-dealkylation sites (tertiary alicyclic amines) is 1. The molecule has 216 valence electrons. The number of piperidine rings is 1. The molecule has 0 amide bonds. The molecule has 0 bridgehead atoms. The normalized spacial score (nSPS) is 20.1. The second-order valence-corrected chi connectivity index (χ2v) is 11.9. The number of halogens is 2. The molecule has 1 saturated carbocycles. The Morgan fingerprint density at radius 1 is 1.00 bits per heavy atom.